The third-order valence-electron chi connectivity index (χ3n) is 5.55. The number of nitrogens with zero attached hydrogens (tertiary/aromatic N) is 4. The van der Waals surface area contributed by atoms with Gasteiger partial charge in [0.15, 0.2) is 0 Å². The van der Waals surface area contributed by atoms with Crippen molar-refractivity contribution in [2.45, 2.75) is 0 Å². The smallest absolute Gasteiger partial charge is 0.273 e. The molecular formula is C23H18FN5O4S. The van der Waals surface area contributed by atoms with Gasteiger partial charge in [0.05, 0.1) is 21.8 Å². The predicted molar refractivity (Wildman–Crippen MR) is 123 cm³/mol. The third-order valence-corrected chi connectivity index (χ3v) is 6.14. The Morgan fingerprint density at radius 1 is 1.00 bits per heavy atom. The first kappa shape index (κ1) is 21.7. The normalized spacial score (nSPS) is 13.8. The van der Waals surface area contributed by atoms with Gasteiger partial charge in [-0.15, -0.1) is 16.4 Å². The van der Waals surface area contributed by atoms with Crippen LogP contribution in [-0.2, 0) is 0 Å². The van der Waals surface area contributed by atoms with Crippen molar-refractivity contribution in [3.63, 3.8) is 0 Å². The van der Waals surface area contributed by atoms with Crippen molar-refractivity contribution in [2.24, 2.45) is 0 Å². The molecule has 0 unspecified atom stereocenters. The maximum absolute atomic E-state index is 14.6. The van der Waals surface area contributed by atoms with Crippen molar-refractivity contribution in [2.75, 3.05) is 26.2 Å². The summed E-state index contributed by atoms with van der Waals surface area (Å²) in [6.45, 7) is 1.19. The molecule has 1 N–H and O–H groups in total. The molecule has 3 heterocycles. The Bertz CT molecular complexity index is 1430. The summed E-state index contributed by atoms with van der Waals surface area (Å²) in [5.74, 6) is -1.03. The molecule has 11 heteroatoms. The second-order valence-electron chi connectivity index (χ2n) is 7.61. The summed E-state index contributed by atoms with van der Waals surface area (Å²) in [5, 5.41) is 8.89. The van der Waals surface area contributed by atoms with E-state index in [0.717, 1.165) is 6.07 Å². The van der Waals surface area contributed by atoms with E-state index >= 15 is 0 Å². The number of thiazole rings is 1. The number of piperazine rings is 1. The van der Waals surface area contributed by atoms with Gasteiger partial charge in [0, 0.05) is 31.6 Å². The van der Waals surface area contributed by atoms with Crippen molar-refractivity contribution >= 4 is 33.9 Å². The molecule has 172 valence electrons. The molecule has 0 bridgehead atoms. The number of amides is 2. The fourth-order valence-corrected chi connectivity index (χ4v) is 4.30. The number of aromatic nitrogens is 3. The Balaban J connectivity index is 1.33. The largest absolute Gasteiger partial charge is 0.437 e. The zero-order valence-electron chi connectivity index (χ0n) is 17.7. The van der Waals surface area contributed by atoms with Crippen molar-refractivity contribution in [3.05, 3.63) is 80.8 Å². The molecule has 1 aliphatic rings. The highest BCUT2D eigenvalue weighted by molar-refractivity contribution is 7.07. The standard InChI is InChI=1S/C23H18FN5O4S/c24-18-6-5-14(33-21-16-4-2-1-3-15(16)20(30)26-27-21)11-17(18)22(31)28-7-9-29(10-8-28)23(32)19-12-34-13-25-19/h1-6,11-13H,7-10H2,(H,26,30). The molecule has 0 saturated carbocycles. The lowest BCUT2D eigenvalue weighted by atomic mass is 10.1. The number of ether oxygens (including phenoxy) is 1. The Hall–Kier alpha value is -4.12. The molecule has 2 amide bonds. The van der Waals surface area contributed by atoms with Crippen LogP contribution in [0, 0.1) is 5.82 Å². The summed E-state index contributed by atoms with van der Waals surface area (Å²) in [6.07, 6.45) is 0. The second-order valence-corrected chi connectivity index (χ2v) is 8.32. The lowest BCUT2D eigenvalue weighted by Crippen LogP contribution is -2.50. The Kier molecular flexibility index (Phi) is 5.76. The van der Waals surface area contributed by atoms with Crippen LogP contribution in [0.4, 0.5) is 4.39 Å². The highest BCUT2D eigenvalue weighted by atomic mass is 32.1. The van der Waals surface area contributed by atoms with Gasteiger partial charge < -0.3 is 14.5 Å². The molecule has 2 aromatic heterocycles. The summed E-state index contributed by atoms with van der Waals surface area (Å²) in [4.78, 5) is 44.6. The van der Waals surface area contributed by atoms with Crippen molar-refractivity contribution in [1.29, 1.82) is 0 Å². The number of hydrogen-bond donors (Lipinski definition) is 1. The first-order valence-corrected chi connectivity index (χ1v) is 11.4. The number of carbonyl (C=O) groups is 2. The van der Waals surface area contributed by atoms with Gasteiger partial charge in [0.2, 0.25) is 5.88 Å². The van der Waals surface area contributed by atoms with Gasteiger partial charge in [-0.25, -0.2) is 14.5 Å². The molecule has 9 nitrogen and oxygen atoms in total. The maximum atomic E-state index is 14.6. The van der Waals surface area contributed by atoms with Crippen LogP contribution >= 0.6 is 11.3 Å². The number of aromatic amines is 1. The van der Waals surface area contributed by atoms with Crippen LogP contribution in [0.1, 0.15) is 20.8 Å². The minimum atomic E-state index is -0.683. The SMILES string of the molecule is O=C(c1cscn1)N1CCN(C(=O)c2cc(Oc3n[nH]c(=O)c4ccccc34)ccc2F)CC1. The maximum Gasteiger partial charge on any atom is 0.273 e. The number of carbonyl (C=O) groups excluding carboxylic acids is 2. The number of fused-ring (bicyclic) bond motifs is 1. The van der Waals surface area contributed by atoms with Gasteiger partial charge in [-0.1, -0.05) is 12.1 Å². The number of hydrogen-bond acceptors (Lipinski definition) is 7. The molecule has 0 aliphatic carbocycles. The van der Waals surface area contributed by atoms with E-state index < -0.39 is 11.7 Å². The molecule has 4 aromatic rings. The number of benzene rings is 2. The molecule has 0 atom stereocenters. The van der Waals surface area contributed by atoms with E-state index in [1.54, 1.807) is 40.1 Å². The van der Waals surface area contributed by atoms with Gasteiger partial charge >= 0.3 is 0 Å². The summed E-state index contributed by atoms with van der Waals surface area (Å²) >= 11 is 1.34. The highest BCUT2D eigenvalue weighted by Gasteiger charge is 2.28. The molecule has 34 heavy (non-hydrogen) atoms. The van der Waals surface area contributed by atoms with Gasteiger partial charge in [0.25, 0.3) is 17.4 Å². The zero-order valence-corrected chi connectivity index (χ0v) is 18.5. The van der Waals surface area contributed by atoms with E-state index in [2.05, 4.69) is 15.2 Å². The Morgan fingerprint density at radius 3 is 2.41 bits per heavy atom. The lowest BCUT2D eigenvalue weighted by molar-refractivity contribution is 0.0530. The number of nitrogens with one attached hydrogen (secondary N) is 1. The van der Waals surface area contributed by atoms with Crippen LogP contribution in [0.2, 0.25) is 0 Å². The number of halogens is 1. The van der Waals surface area contributed by atoms with E-state index in [1.807, 2.05) is 0 Å². The lowest BCUT2D eigenvalue weighted by Gasteiger charge is -2.34. The quantitative estimate of drug-likeness (QED) is 0.482. The van der Waals surface area contributed by atoms with Gasteiger partial charge in [-0.2, -0.15) is 0 Å². The minimum Gasteiger partial charge on any atom is -0.437 e. The van der Waals surface area contributed by atoms with Crippen molar-refractivity contribution < 1.29 is 18.7 Å². The van der Waals surface area contributed by atoms with Crippen LogP contribution in [-0.4, -0.2) is 63.0 Å². The molecule has 0 spiro atoms. The topological polar surface area (TPSA) is 108 Å². The molecule has 2 aromatic carbocycles. The van der Waals surface area contributed by atoms with Crippen molar-refractivity contribution in [1.82, 2.24) is 25.0 Å². The van der Waals surface area contributed by atoms with Crippen molar-refractivity contribution in [3.8, 4) is 11.6 Å². The van der Waals surface area contributed by atoms with Gasteiger partial charge in [0.1, 0.15) is 17.3 Å². The zero-order chi connectivity index (χ0) is 23.7. The highest BCUT2D eigenvalue weighted by Crippen LogP contribution is 2.27. The van der Waals surface area contributed by atoms with Gasteiger partial charge in [-0.3, -0.25) is 14.4 Å². The second kappa shape index (κ2) is 9.02. The number of rotatable bonds is 4. The molecule has 5 rings (SSSR count). The summed E-state index contributed by atoms with van der Waals surface area (Å²) in [5.41, 5.74) is 1.47. The van der Waals surface area contributed by atoms with E-state index in [-0.39, 0.29) is 41.7 Å². The average molecular weight is 479 g/mol. The van der Waals surface area contributed by atoms with E-state index in [4.69, 9.17) is 4.74 Å². The van der Waals surface area contributed by atoms with Crippen LogP contribution in [0.15, 0.2) is 58.1 Å². The molecular weight excluding hydrogens is 461 g/mol. The third kappa shape index (κ3) is 4.13. The van der Waals surface area contributed by atoms with Crippen LogP contribution < -0.4 is 10.3 Å². The van der Waals surface area contributed by atoms with E-state index in [0.29, 0.717) is 29.6 Å². The summed E-state index contributed by atoms with van der Waals surface area (Å²) in [7, 11) is 0. The van der Waals surface area contributed by atoms with E-state index in [9.17, 15) is 18.8 Å². The average Bonchev–Trinajstić information content (AvgIpc) is 3.41. The molecule has 1 saturated heterocycles. The van der Waals surface area contributed by atoms with Crippen LogP contribution in [0.3, 0.4) is 0 Å². The molecule has 1 fully saturated rings. The van der Waals surface area contributed by atoms with Crippen LogP contribution in [0.5, 0.6) is 11.6 Å². The summed E-state index contributed by atoms with van der Waals surface area (Å²) < 4.78 is 20.4. The fraction of sp³-hybridized carbons (Fsp3) is 0.174. The van der Waals surface area contributed by atoms with Gasteiger partial charge in [-0.05, 0) is 30.3 Å². The monoisotopic (exact) mass is 479 g/mol. The summed E-state index contributed by atoms with van der Waals surface area (Å²) in [6, 6.07) is 10.6. The van der Waals surface area contributed by atoms with E-state index in [1.165, 1.54) is 28.4 Å². The number of H-pyrrole nitrogens is 1. The van der Waals surface area contributed by atoms with Crippen LogP contribution in [0.25, 0.3) is 10.8 Å². The predicted octanol–water partition coefficient (Wildman–Crippen LogP) is 2.91. The molecule has 1 aliphatic heterocycles. The minimum absolute atomic E-state index is 0.134. The first-order chi connectivity index (χ1) is 16.5. The Morgan fingerprint density at radius 2 is 1.71 bits per heavy atom. The first-order valence-electron chi connectivity index (χ1n) is 10.4. The fourth-order valence-electron chi connectivity index (χ4n) is 3.77. The Labute approximate surface area is 196 Å². The molecule has 0 radical (unpaired) electrons.